The highest BCUT2D eigenvalue weighted by molar-refractivity contribution is 6.10. The number of nitrogens with zero attached hydrogens (tertiary/aromatic N) is 2. The second kappa shape index (κ2) is 14.5. The SMILES string of the molecule is COc1ccccc1N1CCN(CC2(O)CCC3c4ccc(cc4C(=O)c4cccc(C(F)(F)F)c4)CC(O)CCC(C)=CCCC32C)CC1. The summed E-state index contributed by atoms with van der Waals surface area (Å²) in [7, 11) is 1.68. The van der Waals surface area contributed by atoms with Crippen molar-refractivity contribution in [3.63, 3.8) is 0 Å². The number of halogens is 3. The van der Waals surface area contributed by atoms with E-state index in [9.17, 15) is 28.2 Å². The zero-order valence-corrected chi connectivity index (χ0v) is 29.3. The van der Waals surface area contributed by atoms with Gasteiger partial charge in [0.1, 0.15) is 5.75 Å². The molecular weight excluding hydrogens is 641 g/mol. The van der Waals surface area contributed by atoms with E-state index < -0.39 is 34.6 Å². The number of hydrogen-bond acceptors (Lipinski definition) is 6. The van der Waals surface area contributed by atoms with Crippen LogP contribution in [0, 0.1) is 5.41 Å². The van der Waals surface area contributed by atoms with Gasteiger partial charge in [-0.3, -0.25) is 9.69 Å². The number of anilines is 1. The molecule has 9 heteroatoms. The van der Waals surface area contributed by atoms with Gasteiger partial charge in [-0.2, -0.15) is 13.2 Å². The average molecular weight is 691 g/mol. The number of aliphatic hydroxyl groups is 2. The zero-order valence-electron chi connectivity index (χ0n) is 29.3. The van der Waals surface area contributed by atoms with Gasteiger partial charge in [-0.05, 0) is 99.2 Å². The van der Waals surface area contributed by atoms with E-state index in [0.29, 0.717) is 44.2 Å². The Morgan fingerprint density at radius 3 is 2.48 bits per heavy atom. The van der Waals surface area contributed by atoms with Gasteiger partial charge in [0.2, 0.25) is 0 Å². The van der Waals surface area contributed by atoms with E-state index in [1.54, 1.807) is 13.2 Å². The molecule has 1 saturated carbocycles. The molecule has 3 aromatic carbocycles. The molecule has 268 valence electrons. The zero-order chi connectivity index (χ0) is 35.7. The van der Waals surface area contributed by atoms with Crippen LogP contribution < -0.4 is 9.64 Å². The van der Waals surface area contributed by atoms with Crippen LogP contribution in [0.5, 0.6) is 5.75 Å². The monoisotopic (exact) mass is 690 g/mol. The van der Waals surface area contributed by atoms with Gasteiger partial charge in [0, 0.05) is 49.3 Å². The number of rotatable bonds is 6. The molecule has 0 amide bonds. The standard InChI is InChI=1S/C41H49F3N2O4/c1-28-8-7-18-39(2)35(17-19-40(39,49)27-45-20-22-46(23-21-45)36-11-4-5-12-37(36)50-3)33-16-14-29(24-32(47)15-13-28)25-34(33)38(48)30-9-6-10-31(26-30)41(42,43)44/h4-6,8-12,14,16,25-26,32,35,47,49H,7,13,15,17-24,27H2,1-3H3. The summed E-state index contributed by atoms with van der Waals surface area (Å²) in [5.41, 5.74) is 1.54. The Hall–Kier alpha value is -3.66. The van der Waals surface area contributed by atoms with E-state index in [1.807, 2.05) is 30.3 Å². The normalized spacial score (nSPS) is 26.6. The van der Waals surface area contributed by atoms with E-state index >= 15 is 0 Å². The molecule has 1 saturated heterocycles. The summed E-state index contributed by atoms with van der Waals surface area (Å²) in [5.74, 6) is 0.156. The second-order valence-corrected chi connectivity index (χ2v) is 14.8. The third-order valence-corrected chi connectivity index (χ3v) is 11.7. The van der Waals surface area contributed by atoms with Crippen molar-refractivity contribution in [3.8, 4) is 5.75 Å². The molecule has 2 bridgehead atoms. The second-order valence-electron chi connectivity index (χ2n) is 14.8. The van der Waals surface area contributed by atoms with E-state index in [2.05, 4.69) is 35.8 Å². The van der Waals surface area contributed by atoms with E-state index in [0.717, 1.165) is 73.7 Å². The Balaban J connectivity index is 1.34. The quantitative estimate of drug-likeness (QED) is 0.203. The van der Waals surface area contributed by atoms with Gasteiger partial charge < -0.3 is 19.8 Å². The maximum absolute atomic E-state index is 14.2. The molecule has 2 N–H and O–H groups in total. The van der Waals surface area contributed by atoms with Crippen molar-refractivity contribution in [2.24, 2.45) is 5.41 Å². The first-order valence-corrected chi connectivity index (χ1v) is 17.8. The van der Waals surface area contributed by atoms with Crippen LogP contribution in [0.15, 0.2) is 78.4 Å². The molecule has 0 radical (unpaired) electrons. The number of fused-ring (bicyclic) bond motifs is 8. The van der Waals surface area contributed by atoms with E-state index in [1.165, 1.54) is 17.7 Å². The molecule has 2 fully saturated rings. The summed E-state index contributed by atoms with van der Waals surface area (Å²) in [6, 6.07) is 18.2. The summed E-state index contributed by atoms with van der Waals surface area (Å²) in [4.78, 5) is 18.9. The molecule has 4 atom stereocenters. The molecule has 50 heavy (non-hydrogen) atoms. The maximum atomic E-state index is 14.2. The Labute approximate surface area is 293 Å². The lowest BCUT2D eigenvalue weighted by Crippen LogP contribution is -2.56. The van der Waals surface area contributed by atoms with Crippen LogP contribution in [-0.2, 0) is 12.6 Å². The number of piperazine rings is 1. The minimum absolute atomic E-state index is 0.0265. The highest BCUT2D eigenvalue weighted by Gasteiger charge is 2.57. The van der Waals surface area contributed by atoms with Gasteiger partial charge in [-0.25, -0.2) is 0 Å². The highest BCUT2D eigenvalue weighted by Crippen LogP contribution is 2.59. The van der Waals surface area contributed by atoms with Crippen molar-refractivity contribution in [2.45, 2.75) is 82.6 Å². The lowest BCUT2D eigenvalue weighted by Gasteiger charge is -2.47. The number of carbonyl (C=O) groups is 1. The van der Waals surface area contributed by atoms with Crippen LogP contribution in [0.1, 0.15) is 90.9 Å². The number of hydrogen-bond donors (Lipinski definition) is 2. The number of ether oxygens (including phenoxy) is 1. The van der Waals surface area contributed by atoms with Gasteiger partial charge in [-0.15, -0.1) is 0 Å². The van der Waals surface area contributed by atoms with Gasteiger partial charge >= 0.3 is 6.18 Å². The van der Waals surface area contributed by atoms with Crippen LogP contribution in [0.2, 0.25) is 0 Å². The van der Waals surface area contributed by atoms with Gasteiger partial charge in [0.25, 0.3) is 0 Å². The average Bonchev–Trinajstić information content (AvgIpc) is 3.35. The molecule has 0 spiro atoms. The summed E-state index contributed by atoms with van der Waals surface area (Å²) >= 11 is 0. The van der Waals surface area contributed by atoms with Crippen molar-refractivity contribution >= 4 is 11.5 Å². The molecule has 4 unspecified atom stereocenters. The Morgan fingerprint density at radius 1 is 0.980 bits per heavy atom. The molecular formula is C41H49F3N2O4. The van der Waals surface area contributed by atoms with Crippen LogP contribution >= 0.6 is 0 Å². The van der Waals surface area contributed by atoms with Gasteiger partial charge in [0.05, 0.1) is 30.1 Å². The van der Waals surface area contributed by atoms with Crippen molar-refractivity contribution in [1.82, 2.24) is 4.90 Å². The van der Waals surface area contributed by atoms with Crippen LogP contribution in [0.3, 0.4) is 0 Å². The molecule has 1 heterocycles. The Morgan fingerprint density at radius 2 is 1.74 bits per heavy atom. The first kappa shape index (κ1) is 36.1. The number of benzene rings is 3. The third kappa shape index (κ3) is 7.37. The van der Waals surface area contributed by atoms with Crippen LogP contribution in [-0.4, -0.2) is 72.4 Å². The lowest BCUT2D eigenvalue weighted by molar-refractivity contribution is -0.137. The number of aliphatic hydroxyl groups excluding tert-OH is 1. The van der Waals surface area contributed by atoms with Crippen LogP contribution in [0.25, 0.3) is 0 Å². The first-order valence-electron chi connectivity index (χ1n) is 17.8. The summed E-state index contributed by atoms with van der Waals surface area (Å²) in [5, 5.41) is 23.6. The first-order chi connectivity index (χ1) is 23.8. The predicted molar refractivity (Wildman–Crippen MR) is 190 cm³/mol. The highest BCUT2D eigenvalue weighted by atomic mass is 19.4. The van der Waals surface area contributed by atoms with Crippen LogP contribution in [0.4, 0.5) is 18.9 Å². The Kier molecular flexibility index (Phi) is 10.5. The van der Waals surface area contributed by atoms with Gasteiger partial charge in [-0.1, -0.05) is 55.0 Å². The summed E-state index contributed by atoms with van der Waals surface area (Å²) in [6.07, 6.45) is 1.23. The van der Waals surface area contributed by atoms with Crippen molar-refractivity contribution < 1.29 is 32.9 Å². The van der Waals surface area contributed by atoms with Crippen molar-refractivity contribution in [1.29, 1.82) is 0 Å². The van der Waals surface area contributed by atoms with Crippen molar-refractivity contribution in [2.75, 3.05) is 44.7 Å². The number of β-amino-alcohol motifs (C(OH)–C–C–N with tert-alkyl or cyclic N) is 1. The maximum Gasteiger partial charge on any atom is 0.416 e. The Bertz CT molecular complexity index is 1720. The molecule has 4 aliphatic rings. The molecule has 6 nitrogen and oxygen atoms in total. The lowest BCUT2D eigenvalue weighted by atomic mass is 9.64. The van der Waals surface area contributed by atoms with Crippen molar-refractivity contribution in [3.05, 3.63) is 106 Å². The topological polar surface area (TPSA) is 73.2 Å². The molecule has 0 aromatic heterocycles. The summed E-state index contributed by atoms with van der Waals surface area (Å²) in [6.45, 7) is 7.85. The van der Waals surface area contributed by atoms with Gasteiger partial charge in [0.15, 0.2) is 5.78 Å². The predicted octanol–water partition coefficient (Wildman–Crippen LogP) is 7.81. The minimum atomic E-state index is -4.58. The molecule has 3 aliphatic carbocycles. The fourth-order valence-corrected chi connectivity index (χ4v) is 8.60. The third-order valence-electron chi connectivity index (χ3n) is 11.7. The fraction of sp³-hybridized carbons (Fsp3) is 0.488. The number of alkyl halides is 3. The number of ketones is 1. The molecule has 3 aromatic rings. The smallest absolute Gasteiger partial charge is 0.416 e. The number of methoxy groups -OCH3 is 1. The van der Waals surface area contributed by atoms with E-state index in [-0.39, 0.29) is 11.5 Å². The molecule has 1 aliphatic heterocycles. The number of para-hydroxylation sites is 2. The molecule has 7 rings (SSSR count). The largest absolute Gasteiger partial charge is 0.495 e. The number of carbonyl (C=O) groups excluding carboxylic acids is 1. The summed E-state index contributed by atoms with van der Waals surface area (Å²) < 4.78 is 46.7. The number of allylic oxidation sites excluding steroid dienone is 2. The minimum Gasteiger partial charge on any atom is -0.495 e. The fourth-order valence-electron chi connectivity index (χ4n) is 8.60. The van der Waals surface area contributed by atoms with E-state index in [4.69, 9.17) is 4.74 Å².